The molecule has 0 fully saturated rings. The summed E-state index contributed by atoms with van der Waals surface area (Å²) in [5.41, 5.74) is 11.2. The van der Waals surface area contributed by atoms with Crippen molar-refractivity contribution in [2.75, 3.05) is 6.54 Å². The zero-order valence-corrected chi connectivity index (χ0v) is 19.1. The molecule has 0 radical (unpaired) electrons. The van der Waals surface area contributed by atoms with Gasteiger partial charge in [-0.25, -0.2) is 4.79 Å². The maximum Gasteiger partial charge on any atom is 0.326 e. The molecule has 184 valence electrons. The minimum atomic E-state index is -1.53. The van der Waals surface area contributed by atoms with Gasteiger partial charge in [-0.05, 0) is 37.6 Å². The van der Waals surface area contributed by atoms with E-state index in [9.17, 15) is 29.1 Å². The van der Waals surface area contributed by atoms with E-state index in [1.54, 1.807) is 27.7 Å². The lowest BCUT2D eigenvalue weighted by molar-refractivity contribution is -0.144. The predicted molar refractivity (Wildman–Crippen MR) is 116 cm³/mol. The van der Waals surface area contributed by atoms with E-state index in [-0.39, 0.29) is 12.3 Å². The van der Waals surface area contributed by atoms with Crippen molar-refractivity contribution in [3.8, 4) is 0 Å². The van der Waals surface area contributed by atoms with E-state index < -0.39 is 66.2 Å². The van der Waals surface area contributed by atoms with Crippen LogP contribution in [0.1, 0.15) is 53.4 Å². The number of hydrogen-bond acceptors (Lipinski definition) is 7. The van der Waals surface area contributed by atoms with Gasteiger partial charge in [-0.15, -0.1) is 0 Å². The lowest BCUT2D eigenvalue weighted by Gasteiger charge is -2.27. The number of hydrogen-bond donors (Lipinski definition) is 7. The zero-order chi connectivity index (χ0) is 25.0. The Kier molecular flexibility index (Phi) is 13.1. The Morgan fingerprint density at radius 3 is 1.78 bits per heavy atom. The molecule has 0 bridgehead atoms. The van der Waals surface area contributed by atoms with Gasteiger partial charge in [0.05, 0.1) is 12.5 Å². The number of carbonyl (C=O) groups excluding carboxylic acids is 3. The molecule has 0 rings (SSSR count). The van der Waals surface area contributed by atoms with E-state index in [1.165, 1.54) is 0 Å². The van der Waals surface area contributed by atoms with Crippen LogP contribution in [0, 0.1) is 11.8 Å². The third-order valence-corrected chi connectivity index (χ3v) is 4.84. The lowest BCUT2D eigenvalue weighted by atomic mass is 9.99. The molecule has 0 spiro atoms. The minimum absolute atomic E-state index is 0.101. The lowest BCUT2D eigenvalue weighted by Crippen LogP contribution is -2.59. The van der Waals surface area contributed by atoms with Gasteiger partial charge in [0, 0.05) is 0 Å². The van der Waals surface area contributed by atoms with Crippen molar-refractivity contribution in [1.29, 1.82) is 0 Å². The number of rotatable bonds is 15. The van der Waals surface area contributed by atoms with Crippen LogP contribution in [0.15, 0.2) is 0 Å². The second-order valence-electron chi connectivity index (χ2n) is 8.34. The monoisotopic (exact) mass is 459 g/mol. The topological polar surface area (TPSA) is 214 Å². The molecule has 0 aromatic rings. The first kappa shape index (κ1) is 29.3. The predicted octanol–water partition coefficient (Wildman–Crippen LogP) is -1.23. The molecule has 0 heterocycles. The largest absolute Gasteiger partial charge is 0.481 e. The number of aliphatic carboxylic acids is 2. The highest BCUT2D eigenvalue weighted by Crippen LogP contribution is 2.07. The van der Waals surface area contributed by atoms with Gasteiger partial charge in [-0.3, -0.25) is 19.2 Å². The van der Waals surface area contributed by atoms with E-state index >= 15 is 0 Å². The molecule has 4 unspecified atom stereocenters. The van der Waals surface area contributed by atoms with Gasteiger partial charge in [0.15, 0.2) is 0 Å². The number of nitrogens with one attached hydrogen (secondary N) is 3. The van der Waals surface area contributed by atoms with Crippen LogP contribution in [0.25, 0.3) is 0 Å². The van der Waals surface area contributed by atoms with E-state index in [0.29, 0.717) is 19.4 Å². The summed E-state index contributed by atoms with van der Waals surface area (Å²) < 4.78 is 0. The van der Waals surface area contributed by atoms with Crippen molar-refractivity contribution in [3.05, 3.63) is 0 Å². The normalized spacial score (nSPS) is 14.9. The highest BCUT2D eigenvalue weighted by molar-refractivity contribution is 5.95. The second-order valence-corrected chi connectivity index (χ2v) is 8.34. The number of carboxylic acid groups (broad SMARTS) is 2. The Balaban J connectivity index is 5.41. The third kappa shape index (κ3) is 10.5. The van der Waals surface area contributed by atoms with Crippen molar-refractivity contribution in [3.63, 3.8) is 0 Å². The van der Waals surface area contributed by atoms with Crippen LogP contribution >= 0.6 is 0 Å². The van der Waals surface area contributed by atoms with E-state index in [0.717, 1.165) is 0 Å². The van der Waals surface area contributed by atoms with Crippen LogP contribution < -0.4 is 27.4 Å². The second kappa shape index (κ2) is 14.4. The van der Waals surface area contributed by atoms with Crippen molar-refractivity contribution < 1.29 is 34.2 Å². The molecule has 0 aromatic heterocycles. The molecule has 0 saturated carbocycles. The fraction of sp³-hybridized carbons (Fsp3) is 0.750. The number of unbranched alkanes of at least 4 members (excludes halogenated alkanes) is 1. The minimum Gasteiger partial charge on any atom is -0.481 e. The van der Waals surface area contributed by atoms with Crippen molar-refractivity contribution in [2.24, 2.45) is 23.3 Å². The Bertz CT molecular complexity index is 669. The van der Waals surface area contributed by atoms with Crippen LogP contribution in [0.3, 0.4) is 0 Å². The quantitative estimate of drug-likeness (QED) is 0.146. The van der Waals surface area contributed by atoms with Gasteiger partial charge in [-0.2, -0.15) is 0 Å². The van der Waals surface area contributed by atoms with Crippen molar-refractivity contribution >= 4 is 29.7 Å². The van der Waals surface area contributed by atoms with Crippen LogP contribution in [-0.2, 0) is 24.0 Å². The maximum atomic E-state index is 12.8. The van der Waals surface area contributed by atoms with Crippen molar-refractivity contribution in [2.45, 2.75) is 77.5 Å². The molecule has 0 aromatic carbocycles. The van der Waals surface area contributed by atoms with Gasteiger partial charge >= 0.3 is 11.9 Å². The molecule has 0 aliphatic rings. The molecule has 32 heavy (non-hydrogen) atoms. The first-order chi connectivity index (χ1) is 14.8. The number of carboxylic acids is 2. The van der Waals surface area contributed by atoms with E-state index in [1.807, 2.05) is 0 Å². The number of amides is 3. The Morgan fingerprint density at radius 2 is 1.34 bits per heavy atom. The van der Waals surface area contributed by atoms with Gasteiger partial charge in [0.25, 0.3) is 0 Å². The Morgan fingerprint density at radius 1 is 0.781 bits per heavy atom. The summed E-state index contributed by atoms with van der Waals surface area (Å²) in [6.07, 6.45) is 0.339. The summed E-state index contributed by atoms with van der Waals surface area (Å²) in [5, 5.41) is 25.6. The number of nitrogens with two attached hydrogens (primary N) is 2. The molecular formula is C20H37N5O7. The highest BCUT2D eigenvalue weighted by atomic mass is 16.4. The molecule has 0 aliphatic heterocycles. The summed E-state index contributed by atoms with van der Waals surface area (Å²) in [7, 11) is 0. The summed E-state index contributed by atoms with van der Waals surface area (Å²) in [5.74, 6) is -5.51. The van der Waals surface area contributed by atoms with Crippen LogP contribution in [0.4, 0.5) is 0 Å². The molecule has 12 nitrogen and oxygen atoms in total. The zero-order valence-electron chi connectivity index (χ0n) is 19.1. The Hall–Kier alpha value is -2.73. The smallest absolute Gasteiger partial charge is 0.326 e. The standard InChI is InChI=1S/C20H37N5O7/c1-10(2)15(22)18(29)25-16(11(3)4)19(30)24-13(9-14(26)27)17(28)23-12(20(31)32)7-5-6-8-21/h10-13,15-16H,5-9,21-22H2,1-4H3,(H,23,28)(H,24,30)(H,25,29)(H,26,27)(H,31,32). The van der Waals surface area contributed by atoms with Crippen LogP contribution in [0.2, 0.25) is 0 Å². The molecule has 9 N–H and O–H groups in total. The fourth-order valence-electron chi connectivity index (χ4n) is 2.76. The van der Waals surface area contributed by atoms with E-state index in [4.69, 9.17) is 16.6 Å². The van der Waals surface area contributed by atoms with Gasteiger partial charge in [0.1, 0.15) is 18.1 Å². The van der Waals surface area contributed by atoms with Crippen LogP contribution in [-0.4, -0.2) is 70.6 Å². The summed E-state index contributed by atoms with van der Waals surface area (Å²) >= 11 is 0. The summed E-state index contributed by atoms with van der Waals surface area (Å²) in [6, 6.07) is -4.72. The summed E-state index contributed by atoms with van der Waals surface area (Å²) in [6.45, 7) is 7.18. The molecular weight excluding hydrogens is 422 g/mol. The average Bonchev–Trinajstić information content (AvgIpc) is 2.68. The highest BCUT2D eigenvalue weighted by Gasteiger charge is 2.33. The van der Waals surface area contributed by atoms with Gasteiger partial charge in [0.2, 0.25) is 17.7 Å². The fourth-order valence-corrected chi connectivity index (χ4v) is 2.76. The Labute approximate surface area is 187 Å². The van der Waals surface area contributed by atoms with Crippen LogP contribution in [0.5, 0.6) is 0 Å². The van der Waals surface area contributed by atoms with Crippen molar-refractivity contribution in [1.82, 2.24) is 16.0 Å². The SMILES string of the molecule is CC(C)C(N)C(=O)NC(C(=O)NC(CC(=O)O)C(=O)NC(CCCCN)C(=O)O)C(C)C. The first-order valence-electron chi connectivity index (χ1n) is 10.6. The molecule has 0 aliphatic carbocycles. The van der Waals surface area contributed by atoms with Gasteiger partial charge in [-0.1, -0.05) is 27.7 Å². The summed E-state index contributed by atoms with van der Waals surface area (Å²) in [4.78, 5) is 60.3. The average molecular weight is 460 g/mol. The molecule has 0 saturated heterocycles. The third-order valence-electron chi connectivity index (χ3n) is 4.84. The van der Waals surface area contributed by atoms with Gasteiger partial charge < -0.3 is 37.6 Å². The molecule has 4 atom stereocenters. The number of carbonyl (C=O) groups is 5. The molecule has 12 heteroatoms. The maximum absolute atomic E-state index is 12.8. The molecule has 3 amide bonds. The first-order valence-corrected chi connectivity index (χ1v) is 10.6. The van der Waals surface area contributed by atoms with E-state index in [2.05, 4.69) is 16.0 Å².